The van der Waals surface area contributed by atoms with Gasteiger partial charge in [0.2, 0.25) is 0 Å². The lowest BCUT2D eigenvalue weighted by Gasteiger charge is -2.34. The summed E-state index contributed by atoms with van der Waals surface area (Å²) in [5, 5.41) is 13.0. The lowest BCUT2D eigenvalue weighted by Crippen LogP contribution is -2.40. The van der Waals surface area contributed by atoms with Crippen LogP contribution in [0.2, 0.25) is 0 Å². The van der Waals surface area contributed by atoms with Crippen LogP contribution in [0.1, 0.15) is 18.4 Å². The number of carbonyl (C=O) groups is 1. The van der Waals surface area contributed by atoms with Crippen molar-refractivity contribution >= 4 is 28.3 Å². The van der Waals surface area contributed by atoms with E-state index in [1.165, 1.54) is 19.2 Å². The topological polar surface area (TPSA) is 116 Å². The Morgan fingerprint density at radius 1 is 1.05 bits per heavy atom. The van der Waals surface area contributed by atoms with Gasteiger partial charge in [0.15, 0.2) is 0 Å². The van der Waals surface area contributed by atoms with Gasteiger partial charge in [0.1, 0.15) is 11.6 Å². The number of anilines is 2. The Morgan fingerprint density at radius 2 is 1.79 bits per heavy atom. The van der Waals surface area contributed by atoms with Crippen LogP contribution in [0.3, 0.4) is 0 Å². The third-order valence-electron chi connectivity index (χ3n) is 6.77. The number of carbonyl (C=O) groups excluding carboxylic acids is 1. The third kappa shape index (κ3) is 5.50. The number of pyridine rings is 1. The first kappa shape index (κ1) is 26.0. The summed E-state index contributed by atoms with van der Waals surface area (Å²) in [4.78, 5) is 23.7. The lowest BCUT2D eigenvalue weighted by molar-refractivity contribution is 0.114. The third-order valence-corrected chi connectivity index (χ3v) is 6.77. The Labute approximate surface area is 224 Å². The number of nitriles is 1. The molecule has 0 atom stereocenters. The second kappa shape index (κ2) is 11.0. The largest absolute Gasteiger partial charge is 0.370 e. The van der Waals surface area contributed by atoms with Crippen LogP contribution < -0.4 is 21.4 Å². The second-order valence-corrected chi connectivity index (χ2v) is 9.37. The molecule has 39 heavy (non-hydrogen) atoms. The van der Waals surface area contributed by atoms with Gasteiger partial charge in [-0.2, -0.15) is 5.26 Å². The van der Waals surface area contributed by atoms with Gasteiger partial charge in [-0.15, -0.1) is 0 Å². The Bertz CT molecular complexity index is 1580. The molecule has 10 heteroatoms. The highest BCUT2D eigenvalue weighted by Gasteiger charge is 2.23. The predicted molar refractivity (Wildman–Crippen MR) is 146 cm³/mol. The molecule has 4 aromatic rings. The zero-order valence-corrected chi connectivity index (χ0v) is 21.2. The van der Waals surface area contributed by atoms with Gasteiger partial charge < -0.3 is 16.0 Å². The average Bonchev–Trinajstić information content (AvgIpc) is 2.92. The number of aromatic nitrogens is 1. The molecular formula is C29H26F2N6O2. The summed E-state index contributed by atoms with van der Waals surface area (Å²) < 4.78 is 28.5. The van der Waals surface area contributed by atoms with Crippen LogP contribution in [-0.4, -0.2) is 37.3 Å². The van der Waals surface area contributed by atoms with Crippen molar-refractivity contribution in [1.29, 1.82) is 5.26 Å². The van der Waals surface area contributed by atoms with Crippen molar-refractivity contribution < 1.29 is 18.4 Å². The van der Waals surface area contributed by atoms with E-state index in [2.05, 4.69) is 26.7 Å². The molecule has 0 radical (unpaired) electrons. The van der Waals surface area contributed by atoms with Crippen LogP contribution in [0.25, 0.3) is 33.2 Å². The number of amides is 2. The van der Waals surface area contributed by atoms with Crippen LogP contribution in [0.5, 0.6) is 0 Å². The van der Waals surface area contributed by atoms with Gasteiger partial charge in [-0.3, -0.25) is 9.82 Å². The molecule has 0 bridgehead atoms. The summed E-state index contributed by atoms with van der Waals surface area (Å²) >= 11 is 0. The summed E-state index contributed by atoms with van der Waals surface area (Å²) in [6.07, 6.45) is 3.18. The molecule has 1 aliphatic heterocycles. The average molecular weight is 529 g/mol. The molecular weight excluding hydrogens is 502 g/mol. The minimum atomic E-state index is -0.677. The maximum Gasteiger partial charge on any atom is 0.343 e. The van der Waals surface area contributed by atoms with Gasteiger partial charge in [-0.25, -0.2) is 19.1 Å². The highest BCUT2D eigenvalue weighted by Crippen LogP contribution is 2.40. The number of nitrogens with one attached hydrogen (secondary N) is 2. The van der Waals surface area contributed by atoms with Crippen molar-refractivity contribution in [2.45, 2.75) is 18.9 Å². The van der Waals surface area contributed by atoms with E-state index in [1.54, 1.807) is 24.4 Å². The molecule has 0 spiro atoms. The Morgan fingerprint density at radius 3 is 2.49 bits per heavy atom. The standard InChI is InChI=1S/C29H26F2N6O2/c1-39-36-29(38)35-27-4-2-17(15-32)10-23(27)18-3-5-26-24(13-18)28(37-8-6-22(33)7-9-37)25(16-34-26)19-11-20(30)14-21(31)12-19/h2-5,10-14,16,22H,6-9,33H2,1H3,(H2,35,36,38). The fraction of sp³-hybridized carbons (Fsp3) is 0.207. The minimum Gasteiger partial charge on any atom is -0.370 e. The molecule has 0 unspecified atom stereocenters. The fourth-order valence-corrected chi connectivity index (χ4v) is 4.93. The molecule has 2 heterocycles. The van der Waals surface area contributed by atoms with Crippen molar-refractivity contribution in [2.24, 2.45) is 5.73 Å². The van der Waals surface area contributed by atoms with Crippen molar-refractivity contribution in [3.63, 3.8) is 0 Å². The number of hydrogen-bond acceptors (Lipinski definition) is 6. The number of fused-ring (bicyclic) bond motifs is 1. The number of rotatable bonds is 5. The number of hydroxylamine groups is 1. The van der Waals surface area contributed by atoms with Gasteiger partial charge in [0.25, 0.3) is 0 Å². The Balaban J connectivity index is 1.72. The molecule has 1 aromatic heterocycles. The van der Waals surface area contributed by atoms with Crippen molar-refractivity contribution in [1.82, 2.24) is 10.5 Å². The second-order valence-electron chi connectivity index (χ2n) is 9.37. The zero-order valence-electron chi connectivity index (χ0n) is 21.2. The molecule has 198 valence electrons. The van der Waals surface area contributed by atoms with E-state index in [0.29, 0.717) is 52.1 Å². The number of urea groups is 1. The molecule has 0 aliphatic carbocycles. The normalized spacial score (nSPS) is 13.8. The first-order chi connectivity index (χ1) is 18.9. The first-order valence-electron chi connectivity index (χ1n) is 12.4. The van der Waals surface area contributed by atoms with Crippen LogP contribution >= 0.6 is 0 Å². The van der Waals surface area contributed by atoms with Crippen molar-refractivity contribution in [2.75, 3.05) is 30.4 Å². The summed E-state index contributed by atoms with van der Waals surface area (Å²) in [7, 11) is 1.33. The van der Waals surface area contributed by atoms with E-state index in [4.69, 9.17) is 10.6 Å². The molecule has 0 saturated carbocycles. The first-order valence-corrected chi connectivity index (χ1v) is 12.4. The van der Waals surface area contributed by atoms with Crippen LogP contribution in [-0.2, 0) is 4.84 Å². The monoisotopic (exact) mass is 528 g/mol. The molecule has 2 amide bonds. The van der Waals surface area contributed by atoms with Gasteiger partial charge in [-0.05, 0) is 66.4 Å². The van der Waals surface area contributed by atoms with E-state index >= 15 is 0 Å². The summed E-state index contributed by atoms with van der Waals surface area (Å²) in [6.45, 7) is 1.34. The van der Waals surface area contributed by atoms with Gasteiger partial charge in [-0.1, -0.05) is 6.07 Å². The fourth-order valence-electron chi connectivity index (χ4n) is 4.93. The van der Waals surface area contributed by atoms with Gasteiger partial charge in [0.05, 0.1) is 35.6 Å². The predicted octanol–water partition coefficient (Wildman–Crippen LogP) is 5.33. The number of hydrogen-bond donors (Lipinski definition) is 3. The Hall–Kier alpha value is -4.59. The molecule has 8 nitrogen and oxygen atoms in total. The van der Waals surface area contributed by atoms with E-state index < -0.39 is 17.7 Å². The quantitative estimate of drug-likeness (QED) is 0.302. The lowest BCUT2D eigenvalue weighted by atomic mass is 9.95. The summed E-state index contributed by atoms with van der Waals surface area (Å²) in [6, 6.07) is 15.6. The van der Waals surface area contributed by atoms with Gasteiger partial charge >= 0.3 is 6.03 Å². The van der Waals surface area contributed by atoms with Gasteiger partial charge in [0, 0.05) is 47.9 Å². The smallest absolute Gasteiger partial charge is 0.343 e. The molecule has 3 aromatic carbocycles. The maximum atomic E-state index is 14.2. The number of piperidine rings is 1. The van der Waals surface area contributed by atoms with E-state index in [0.717, 1.165) is 30.0 Å². The van der Waals surface area contributed by atoms with Crippen LogP contribution in [0, 0.1) is 23.0 Å². The Kier molecular flexibility index (Phi) is 7.36. The molecule has 1 aliphatic rings. The summed E-state index contributed by atoms with van der Waals surface area (Å²) in [5.74, 6) is -1.35. The maximum absolute atomic E-state index is 14.2. The number of nitrogens with two attached hydrogens (primary N) is 1. The highest BCUT2D eigenvalue weighted by molar-refractivity contribution is 6.03. The van der Waals surface area contributed by atoms with Crippen molar-refractivity contribution in [3.8, 4) is 28.3 Å². The van der Waals surface area contributed by atoms with Crippen LogP contribution in [0.15, 0.2) is 60.8 Å². The van der Waals surface area contributed by atoms with E-state index in [-0.39, 0.29) is 6.04 Å². The minimum absolute atomic E-state index is 0.0839. The zero-order chi connectivity index (χ0) is 27.5. The molecule has 1 fully saturated rings. The number of halogens is 2. The summed E-state index contributed by atoms with van der Waals surface area (Å²) in [5.41, 5.74) is 13.0. The highest BCUT2D eigenvalue weighted by atomic mass is 19.1. The van der Waals surface area contributed by atoms with Crippen molar-refractivity contribution in [3.05, 3.63) is 78.0 Å². The molecule has 5 rings (SSSR count). The molecule has 4 N–H and O–H groups in total. The molecule has 1 saturated heterocycles. The van der Waals surface area contributed by atoms with E-state index in [9.17, 15) is 18.8 Å². The van der Waals surface area contributed by atoms with Crippen LogP contribution in [0.4, 0.5) is 25.0 Å². The number of nitrogens with zero attached hydrogens (tertiary/aromatic N) is 3. The number of benzene rings is 3. The SMILES string of the molecule is CONC(=O)Nc1ccc(C#N)cc1-c1ccc2ncc(-c3cc(F)cc(F)c3)c(N3CCC(N)CC3)c2c1. The van der Waals surface area contributed by atoms with E-state index in [1.807, 2.05) is 18.2 Å².